The Balaban J connectivity index is 1.60. The van der Waals surface area contributed by atoms with Crippen LogP contribution in [0.25, 0.3) is 10.2 Å². The Labute approximate surface area is 175 Å². The molecule has 0 aliphatic carbocycles. The average Bonchev–Trinajstić information content (AvgIpc) is 3.09. The summed E-state index contributed by atoms with van der Waals surface area (Å²) in [5.74, 6) is -0.455. The molecule has 0 saturated carbocycles. The van der Waals surface area contributed by atoms with Gasteiger partial charge >= 0.3 is 0 Å². The first-order valence-electron chi connectivity index (χ1n) is 8.91. The van der Waals surface area contributed by atoms with E-state index >= 15 is 0 Å². The first-order valence-corrected chi connectivity index (χ1v) is 10.1. The number of morpholine rings is 1. The number of benzene rings is 2. The van der Waals surface area contributed by atoms with Gasteiger partial charge in [0.15, 0.2) is 5.13 Å². The van der Waals surface area contributed by atoms with Gasteiger partial charge in [0, 0.05) is 29.7 Å². The highest BCUT2D eigenvalue weighted by molar-refractivity contribution is 7.22. The second-order valence-electron chi connectivity index (χ2n) is 6.60. The van der Waals surface area contributed by atoms with Gasteiger partial charge in [0.05, 0.1) is 28.4 Å². The van der Waals surface area contributed by atoms with Crippen molar-refractivity contribution in [3.05, 3.63) is 56.6 Å². The molecule has 150 valence electrons. The summed E-state index contributed by atoms with van der Waals surface area (Å²) in [6, 6.07) is 8.16. The van der Waals surface area contributed by atoms with Crippen LogP contribution in [0.5, 0.6) is 0 Å². The lowest BCUT2D eigenvalue weighted by Crippen LogP contribution is -2.36. The van der Waals surface area contributed by atoms with Gasteiger partial charge in [-0.15, -0.1) is 0 Å². The molecular formula is C19H17ClN4O4S. The van der Waals surface area contributed by atoms with Crippen molar-refractivity contribution in [1.82, 2.24) is 4.98 Å². The SMILES string of the molecule is Cc1cc2sc(NC(=O)c3ccc(N4CCOCC4)c([N+](=O)[O-])c3)nc2cc1Cl. The van der Waals surface area contributed by atoms with Crippen molar-refractivity contribution in [2.45, 2.75) is 6.92 Å². The minimum Gasteiger partial charge on any atom is -0.378 e. The van der Waals surface area contributed by atoms with Crippen LogP contribution in [0.15, 0.2) is 30.3 Å². The summed E-state index contributed by atoms with van der Waals surface area (Å²) >= 11 is 7.45. The van der Waals surface area contributed by atoms with E-state index in [-0.39, 0.29) is 11.3 Å². The fourth-order valence-corrected chi connectivity index (χ4v) is 4.25. The van der Waals surface area contributed by atoms with Gasteiger partial charge in [0.1, 0.15) is 5.69 Å². The standard InChI is InChI=1S/C19H17ClN4O4S/c1-11-8-17-14(10-13(11)20)21-19(29-17)22-18(25)12-2-3-15(16(9-12)24(26)27)23-4-6-28-7-5-23/h2-3,8-10H,4-7H2,1H3,(H,21,22,25). The normalized spacial score (nSPS) is 14.2. The number of thiazole rings is 1. The van der Waals surface area contributed by atoms with Crippen molar-refractivity contribution in [2.75, 3.05) is 36.5 Å². The average molecular weight is 433 g/mol. The molecule has 8 nitrogen and oxygen atoms in total. The molecule has 0 unspecified atom stereocenters. The van der Waals surface area contributed by atoms with E-state index in [1.807, 2.05) is 17.9 Å². The van der Waals surface area contributed by atoms with E-state index in [0.29, 0.717) is 47.7 Å². The van der Waals surface area contributed by atoms with Gasteiger partial charge < -0.3 is 9.64 Å². The number of anilines is 2. The van der Waals surface area contributed by atoms with Crippen LogP contribution in [-0.2, 0) is 4.74 Å². The number of ether oxygens (including phenoxy) is 1. The third kappa shape index (κ3) is 4.02. The number of aryl methyl sites for hydroxylation is 1. The lowest BCUT2D eigenvalue weighted by atomic mass is 10.1. The summed E-state index contributed by atoms with van der Waals surface area (Å²) in [6.45, 7) is 4.07. The minimum atomic E-state index is -0.468. The van der Waals surface area contributed by atoms with Crippen molar-refractivity contribution < 1.29 is 14.5 Å². The number of carbonyl (C=O) groups is 1. The molecule has 0 radical (unpaired) electrons. The third-order valence-corrected chi connectivity index (χ3v) is 6.02. The number of aromatic nitrogens is 1. The second kappa shape index (κ2) is 7.94. The summed E-state index contributed by atoms with van der Waals surface area (Å²) in [6.07, 6.45) is 0. The molecule has 4 rings (SSSR count). The topological polar surface area (TPSA) is 97.6 Å². The van der Waals surface area contributed by atoms with E-state index in [0.717, 1.165) is 10.3 Å². The van der Waals surface area contributed by atoms with Crippen LogP contribution in [0, 0.1) is 17.0 Å². The molecule has 2 heterocycles. The zero-order valence-corrected chi connectivity index (χ0v) is 17.0. The predicted molar refractivity (Wildman–Crippen MR) is 113 cm³/mol. The van der Waals surface area contributed by atoms with Crippen LogP contribution in [-0.4, -0.2) is 42.1 Å². The zero-order valence-electron chi connectivity index (χ0n) is 15.5. The van der Waals surface area contributed by atoms with Gasteiger partial charge in [-0.3, -0.25) is 20.2 Å². The molecule has 0 bridgehead atoms. The highest BCUT2D eigenvalue weighted by Gasteiger charge is 2.23. The Kier molecular flexibility index (Phi) is 5.35. The van der Waals surface area contributed by atoms with E-state index in [1.54, 1.807) is 18.2 Å². The Morgan fingerprint density at radius 3 is 2.79 bits per heavy atom. The largest absolute Gasteiger partial charge is 0.378 e. The molecule has 1 amide bonds. The fraction of sp³-hybridized carbons (Fsp3) is 0.263. The number of nitrogens with one attached hydrogen (secondary N) is 1. The molecule has 1 saturated heterocycles. The van der Waals surface area contributed by atoms with Crippen LogP contribution < -0.4 is 10.2 Å². The van der Waals surface area contributed by atoms with Crippen molar-refractivity contribution in [1.29, 1.82) is 0 Å². The highest BCUT2D eigenvalue weighted by atomic mass is 35.5. The Morgan fingerprint density at radius 1 is 1.31 bits per heavy atom. The first kappa shape index (κ1) is 19.6. The van der Waals surface area contributed by atoms with Crippen LogP contribution in [0.3, 0.4) is 0 Å². The summed E-state index contributed by atoms with van der Waals surface area (Å²) < 4.78 is 6.20. The lowest BCUT2D eigenvalue weighted by Gasteiger charge is -2.28. The van der Waals surface area contributed by atoms with Crippen LogP contribution >= 0.6 is 22.9 Å². The fourth-order valence-electron chi connectivity index (χ4n) is 3.16. The summed E-state index contributed by atoms with van der Waals surface area (Å²) in [5, 5.41) is 15.3. The number of hydrogen-bond acceptors (Lipinski definition) is 7. The van der Waals surface area contributed by atoms with Crippen LogP contribution in [0.2, 0.25) is 5.02 Å². The van der Waals surface area contributed by atoms with E-state index in [4.69, 9.17) is 16.3 Å². The maximum Gasteiger partial charge on any atom is 0.293 e. The molecule has 29 heavy (non-hydrogen) atoms. The van der Waals surface area contributed by atoms with Gasteiger partial charge in [-0.25, -0.2) is 4.98 Å². The predicted octanol–water partition coefficient (Wildman–Crippen LogP) is 4.26. The molecule has 1 fully saturated rings. The van der Waals surface area contributed by atoms with E-state index in [9.17, 15) is 14.9 Å². The van der Waals surface area contributed by atoms with E-state index in [2.05, 4.69) is 10.3 Å². The maximum absolute atomic E-state index is 12.7. The monoisotopic (exact) mass is 432 g/mol. The Bertz CT molecular complexity index is 1070. The highest BCUT2D eigenvalue weighted by Crippen LogP contribution is 2.32. The Morgan fingerprint density at radius 2 is 2.07 bits per heavy atom. The number of hydrogen-bond donors (Lipinski definition) is 1. The molecule has 0 atom stereocenters. The number of rotatable bonds is 4. The molecule has 1 aliphatic heterocycles. The molecule has 0 spiro atoms. The molecule has 1 aromatic heterocycles. The van der Waals surface area contributed by atoms with Gasteiger partial charge in [0.2, 0.25) is 0 Å². The smallest absolute Gasteiger partial charge is 0.293 e. The lowest BCUT2D eigenvalue weighted by molar-refractivity contribution is -0.384. The van der Waals surface area contributed by atoms with Gasteiger partial charge in [-0.05, 0) is 36.8 Å². The number of amides is 1. The summed E-state index contributed by atoms with van der Waals surface area (Å²) in [7, 11) is 0. The Hall–Kier alpha value is -2.75. The number of nitro groups is 1. The van der Waals surface area contributed by atoms with Crippen molar-refractivity contribution in [2.24, 2.45) is 0 Å². The van der Waals surface area contributed by atoms with Crippen molar-refractivity contribution in [3.63, 3.8) is 0 Å². The summed E-state index contributed by atoms with van der Waals surface area (Å²) in [4.78, 5) is 30.0. The van der Waals surface area contributed by atoms with Gasteiger partial charge in [-0.2, -0.15) is 0 Å². The zero-order chi connectivity index (χ0) is 20.5. The maximum atomic E-state index is 12.7. The molecular weight excluding hydrogens is 416 g/mol. The van der Waals surface area contributed by atoms with E-state index < -0.39 is 10.8 Å². The van der Waals surface area contributed by atoms with Gasteiger partial charge in [-0.1, -0.05) is 22.9 Å². The van der Waals surface area contributed by atoms with Crippen molar-refractivity contribution in [3.8, 4) is 0 Å². The number of carbonyl (C=O) groups excluding carboxylic acids is 1. The van der Waals surface area contributed by atoms with Crippen LogP contribution in [0.1, 0.15) is 15.9 Å². The van der Waals surface area contributed by atoms with E-state index in [1.165, 1.54) is 17.4 Å². The molecule has 1 N–H and O–H groups in total. The van der Waals surface area contributed by atoms with Crippen LogP contribution in [0.4, 0.5) is 16.5 Å². The minimum absolute atomic E-state index is 0.105. The molecule has 3 aromatic rings. The number of fused-ring (bicyclic) bond motifs is 1. The van der Waals surface area contributed by atoms with Crippen molar-refractivity contribution >= 4 is 55.6 Å². The quantitative estimate of drug-likeness (QED) is 0.488. The molecule has 2 aromatic carbocycles. The molecule has 1 aliphatic rings. The third-order valence-electron chi connectivity index (χ3n) is 4.68. The number of nitrogens with zero attached hydrogens (tertiary/aromatic N) is 3. The second-order valence-corrected chi connectivity index (χ2v) is 8.04. The summed E-state index contributed by atoms with van der Waals surface area (Å²) in [5.41, 5.74) is 2.19. The first-order chi connectivity index (χ1) is 13.9. The van der Waals surface area contributed by atoms with Gasteiger partial charge in [0.25, 0.3) is 11.6 Å². The molecule has 10 heteroatoms. The number of halogens is 1. The number of nitro benzene ring substituents is 1.